The highest BCUT2D eigenvalue weighted by Crippen LogP contribution is 2.16. The molecule has 1 saturated heterocycles. The van der Waals surface area contributed by atoms with Gasteiger partial charge < -0.3 is 15.3 Å². The van der Waals surface area contributed by atoms with Crippen LogP contribution in [0.25, 0.3) is 0 Å². The highest BCUT2D eigenvalue weighted by molar-refractivity contribution is 5.96. The molecular weight excluding hydrogens is 324 g/mol. The van der Waals surface area contributed by atoms with Crippen LogP contribution in [0.5, 0.6) is 0 Å². The van der Waals surface area contributed by atoms with E-state index in [1.54, 1.807) is 24.9 Å². The number of aromatic amines is 1. The maximum Gasteiger partial charge on any atom is 0.272 e. The molecule has 2 amide bonds. The van der Waals surface area contributed by atoms with Crippen molar-refractivity contribution in [1.29, 1.82) is 0 Å². The third kappa shape index (κ3) is 3.14. The fraction of sp³-hybridized carbons (Fsp3) is 0.500. The summed E-state index contributed by atoms with van der Waals surface area (Å²) in [7, 11) is 1.78. The Bertz CT molecular complexity index is 796. The van der Waals surface area contributed by atoms with E-state index < -0.39 is 12.1 Å². The largest absolute Gasteiger partial charge is 0.389 e. The van der Waals surface area contributed by atoms with E-state index >= 15 is 0 Å². The van der Waals surface area contributed by atoms with Gasteiger partial charge in [-0.1, -0.05) is 6.92 Å². The summed E-state index contributed by atoms with van der Waals surface area (Å²) in [6, 6.07) is -0.524. The van der Waals surface area contributed by atoms with Crippen molar-refractivity contribution < 1.29 is 14.7 Å². The first kappa shape index (κ1) is 17.2. The molecule has 134 valence electrons. The lowest BCUT2D eigenvalue weighted by atomic mass is 10.1. The molecule has 0 aliphatic carbocycles. The van der Waals surface area contributed by atoms with Gasteiger partial charge in [-0.25, -0.2) is 0 Å². The standard InChI is InChI=1S/C16H22N6O3/c1-4-12-10(6-18-21(12)3)15(24)19-11-7-22(8-13(11)23)16(25)14-9(2)5-17-20-14/h5-6,11,13,23H,4,7-8H2,1-3H3,(H,17,20)(H,19,24)/t11-,13+/m1/s1. The Balaban J connectivity index is 1.69. The van der Waals surface area contributed by atoms with E-state index in [2.05, 4.69) is 20.6 Å². The predicted molar refractivity (Wildman–Crippen MR) is 89.1 cm³/mol. The number of β-amino-alcohol motifs (C(OH)–C–C–N with tert-alkyl or cyclic N) is 1. The highest BCUT2D eigenvalue weighted by atomic mass is 16.3. The molecule has 9 heteroatoms. The summed E-state index contributed by atoms with van der Waals surface area (Å²) in [5.41, 5.74) is 2.46. The van der Waals surface area contributed by atoms with Gasteiger partial charge in [0, 0.05) is 20.1 Å². The molecule has 0 bridgehead atoms. The lowest BCUT2D eigenvalue weighted by molar-refractivity contribution is 0.0758. The fourth-order valence-corrected chi connectivity index (χ4v) is 3.13. The number of carbonyl (C=O) groups is 2. The van der Waals surface area contributed by atoms with Crippen LogP contribution in [0.3, 0.4) is 0 Å². The lowest BCUT2D eigenvalue weighted by Gasteiger charge is -2.16. The number of likely N-dealkylation sites (tertiary alicyclic amines) is 1. The number of amides is 2. The average Bonchev–Trinajstić information content (AvgIpc) is 3.26. The quantitative estimate of drug-likeness (QED) is 0.698. The zero-order chi connectivity index (χ0) is 18.1. The van der Waals surface area contributed by atoms with Gasteiger partial charge in [0.25, 0.3) is 11.8 Å². The van der Waals surface area contributed by atoms with Crippen LogP contribution in [0, 0.1) is 6.92 Å². The van der Waals surface area contributed by atoms with Gasteiger partial charge in [-0.3, -0.25) is 19.4 Å². The molecule has 2 aromatic heterocycles. The van der Waals surface area contributed by atoms with E-state index in [1.807, 2.05) is 6.92 Å². The van der Waals surface area contributed by atoms with E-state index in [9.17, 15) is 14.7 Å². The minimum Gasteiger partial charge on any atom is -0.389 e. The molecule has 2 aromatic rings. The van der Waals surface area contributed by atoms with Crippen LogP contribution in [0.4, 0.5) is 0 Å². The average molecular weight is 346 g/mol. The highest BCUT2D eigenvalue weighted by Gasteiger charge is 2.36. The van der Waals surface area contributed by atoms with Crippen molar-refractivity contribution in [2.45, 2.75) is 32.4 Å². The molecular formula is C16H22N6O3. The second kappa shape index (κ2) is 6.67. The third-order valence-electron chi connectivity index (χ3n) is 4.58. The number of aryl methyl sites for hydroxylation is 2. The van der Waals surface area contributed by atoms with Crippen molar-refractivity contribution in [3.8, 4) is 0 Å². The van der Waals surface area contributed by atoms with E-state index in [0.29, 0.717) is 17.7 Å². The normalized spacial score (nSPS) is 20.1. The molecule has 2 atom stereocenters. The van der Waals surface area contributed by atoms with Crippen molar-refractivity contribution in [3.05, 3.63) is 34.9 Å². The predicted octanol–water partition coefficient (Wildman–Crippen LogP) is -0.371. The number of nitrogens with one attached hydrogen (secondary N) is 2. The van der Waals surface area contributed by atoms with Crippen LogP contribution in [-0.4, -0.2) is 67.0 Å². The Kier molecular flexibility index (Phi) is 4.58. The van der Waals surface area contributed by atoms with Gasteiger partial charge in [-0.15, -0.1) is 0 Å². The summed E-state index contributed by atoms with van der Waals surface area (Å²) < 4.78 is 1.66. The minimum atomic E-state index is -0.821. The molecule has 0 aromatic carbocycles. The van der Waals surface area contributed by atoms with E-state index in [1.165, 1.54) is 11.1 Å². The first-order valence-electron chi connectivity index (χ1n) is 8.21. The third-order valence-corrected chi connectivity index (χ3v) is 4.58. The molecule has 0 saturated carbocycles. The van der Waals surface area contributed by atoms with Gasteiger partial charge in [0.2, 0.25) is 0 Å². The topological polar surface area (TPSA) is 116 Å². The summed E-state index contributed by atoms with van der Waals surface area (Å²) in [4.78, 5) is 26.5. The molecule has 3 rings (SSSR count). The molecule has 0 unspecified atom stereocenters. The molecule has 0 spiro atoms. The fourth-order valence-electron chi connectivity index (χ4n) is 3.13. The summed E-state index contributed by atoms with van der Waals surface area (Å²) in [5, 5.41) is 23.7. The molecule has 1 aliphatic rings. The van der Waals surface area contributed by atoms with Crippen LogP contribution in [0.1, 0.15) is 39.0 Å². The number of rotatable bonds is 4. The number of hydrogen-bond acceptors (Lipinski definition) is 5. The van der Waals surface area contributed by atoms with E-state index in [0.717, 1.165) is 11.3 Å². The minimum absolute atomic E-state index is 0.163. The van der Waals surface area contributed by atoms with Gasteiger partial charge in [-0.05, 0) is 18.9 Å². The zero-order valence-corrected chi connectivity index (χ0v) is 14.5. The van der Waals surface area contributed by atoms with Gasteiger partial charge in [0.15, 0.2) is 0 Å². The number of aromatic nitrogens is 4. The zero-order valence-electron chi connectivity index (χ0n) is 14.5. The Labute approximate surface area is 145 Å². The Hall–Kier alpha value is -2.68. The molecule has 1 fully saturated rings. The number of aliphatic hydroxyl groups is 1. The molecule has 9 nitrogen and oxygen atoms in total. The van der Waals surface area contributed by atoms with Crippen molar-refractivity contribution in [2.24, 2.45) is 7.05 Å². The van der Waals surface area contributed by atoms with Crippen molar-refractivity contribution in [2.75, 3.05) is 13.1 Å². The summed E-state index contributed by atoms with van der Waals surface area (Å²) in [6.45, 7) is 4.14. The van der Waals surface area contributed by atoms with Gasteiger partial charge in [0.05, 0.1) is 35.8 Å². The molecule has 25 heavy (non-hydrogen) atoms. The smallest absolute Gasteiger partial charge is 0.272 e. The first-order chi connectivity index (χ1) is 11.9. The Morgan fingerprint density at radius 1 is 1.40 bits per heavy atom. The van der Waals surface area contributed by atoms with Crippen LogP contribution in [-0.2, 0) is 13.5 Å². The number of H-pyrrole nitrogens is 1. The second-order valence-electron chi connectivity index (χ2n) is 6.27. The van der Waals surface area contributed by atoms with Crippen LogP contribution in [0.2, 0.25) is 0 Å². The lowest BCUT2D eigenvalue weighted by Crippen LogP contribution is -2.43. The van der Waals surface area contributed by atoms with Gasteiger partial charge >= 0.3 is 0 Å². The first-order valence-corrected chi connectivity index (χ1v) is 8.21. The van der Waals surface area contributed by atoms with Crippen LogP contribution in [0.15, 0.2) is 12.4 Å². The molecule has 3 heterocycles. The molecule has 0 radical (unpaired) electrons. The summed E-state index contributed by atoms with van der Waals surface area (Å²) in [5.74, 6) is -0.526. The van der Waals surface area contributed by atoms with Crippen molar-refractivity contribution >= 4 is 11.8 Å². The van der Waals surface area contributed by atoms with Gasteiger partial charge in [-0.2, -0.15) is 10.2 Å². The molecule has 1 aliphatic heterocycles. The summed E-state index contributed by atoms with van der Waals surface area (Å²) >= 11 is 0. The van der Waals surface area contributed by atoms with E-state index in [-0.39, 0.29) is 24.9 Å². The van der Waals surface area contributed by atoms with Crippen LogP contribution < -0.4 is 5.32 Å². The number of aliphatic hydroxyl groups excluding tert-OH is 1. The maximum atomic E-state index is 12.5. The molecule has 3 N–H and O–H groups in total. The maximum absolute atomic E-state index is 12.5. The van der Waals surface area contributed by atoms with E-state index in [4.69, 9.17) is 0 Å². The van der Waals surface area contributed by atoms with Gasteiger partial charge in [0.1, 0.15) is 5.69 Å². The number of carbonyl (C=O) groups excluding carboxylic acids is 2. The van der Waals surface area contributed by atoms with Crippen LogP contribution >= 0.6 is 0 Å². The second-order valence-corrected chi connectivity index (χ2v) is 6.27. The Morgan fingerprint density at radius 3 is 2.80 bits per heavy atom. The summed E-state index contributed by atoms with van der Waals surface area (Å²) in [6.07, 6.45) is 2.95. The number of hydrogen-bond donors (Lipinski definition) is 3. The van der Waals surface area contributed by atoms with Crippen molar-refractivity contribution in [3.63, 3.8) is 0 Å². The SMILES string of the molecule is CCc1c(C(=O)N[C@@H]2CN(C(=O)c3[nH]ncc3C)C[C@@H]2O)cnn1C. The monoisotopic (exact) mass is 346 g/mol. The number of nitrogens with zero attached hydrogens (tertiary/aromatic N) is 4. The Morgan fingerprint density at radius 2 is 2.16 bits per heavy atom. The van der Waals surface area contributed by atoms with Crippen molar-refractivity contribution in [1.82, 2.24) is 30.2 Å².